The van der Waals surface area contributed by atoms with E-state index in [-0.39, 0.29) is 65.2 Å². The Balaban J connectivity index is -0.000000720. The van der Waals surface area contributed by atoms with Crippen molar-refractivity contribution < 1.29 is 5.11 Å². The number of aliphatic hydroxyl groups excluding tert-OH is 1. The van der Waals surface area contributed by atoms with Gasteiger partial charge in [0.15, 0.2) is 0 Å². The predicted molar refractivity (Wildman–Crippen MR) is 73.2 cm³/mol. The summed E-state index contributed by atoms with van der Waals surface area (Å²) < 4.78 is 0. The maximum absolute atomic E-state index is 9.54. The normalized spacial score (nSPS) is 11.4. The number of unbranched alkanes of at least 4 members (excludes halogenated alkanes) is 5. The van der Waals surface area contributed by atoms with Crippen molar-refractivity contribution in [2.75, 3.05) is 0 Å². The Kier molecular flexibility index (Phi) is 27.1. The Morgan fingerprint density at radius 1 is 0.733 bits per heavy atom. The first-order valence-electron chi connectivity index (χ1n) is 5.99. The van der Waals surface area contributed by atoms with Gasteiger partial charge in [0, 0.05) is 0 Å². The molecule has 0 aliphatic carbocycles. The average Bonchev–Trinajstić information content (AvgIpc) is 2.14. The van der Waals surface area contributed by atoms with Crippen LogP contribution in [0.3, 0.4) is 0 Å². The van der Waals surface area contributed by atoms with E-state index in [0.717, 1.165) is 12.8 Å². The molecule has 1 N–H and O–H groups in total. The SMILES string of the molecule is CCCCCCCC(O)CCCC.[NaH].[NaH]. The van der Waals surface area contributed by atoms with E-state index in [1.807, 2.05) is 0 Å². The number of aliphatic hydroxyl groups is 1. The van der Waals surface area contributed by atoms with Crippen LogP contribution in [0.25, 0.3) is 0 Å². The van der Waals surface area contributed by atoms with Gasteiger partial charge in [-0.2, -0.15) is 0 Å². The summed E-state index contributed by atoms with van der Waals surface area (Å²) in [7, 11) is 0. The molecule has 0 aromatic carbocycles. The van der Waals surface area contributed by atoms with Gasteiger partial charge in [-0.25, -0.2) is 0 Å². The van der Waals surface area contributed by atoms with Crippen LogP contribution in [-0.2, 0) is 0 Å². The first kappa shape index (κ1) is 22.2. The molecule has 0 aliphatic rings. The van der Waals surface area contributed by atoms with Crippen molar-refractivity contribution in [1.82, 2.24) is 0 Å². The average molecular weight is 234 g/mol. The second-order valence-electron chi connectivity index (χ2n) is 4.00. The zero-order valence-electron chi connectivity index (χ0n) is 9.39. The molecule has 0 radical (unpaired) electrons. The van der Waals surface area contributed by atoms with Crippen LogP contribution < -0.4 is 0 Å². The van der Waals surface area contributed by atoms with Crippen molar-refractivity contribution in [3.05, 3.63) is 0 Å². The summed E-state index contributed by atoms with van der Waals surface area (Å²) in [6.45, 7) is 4.41. The van der Waals surface area contributed by atoms with Gasteiger partial charge in [0.05, 0.1) is 6.10 Å². The van der Waals surface area contributed by atoms with Crippen molar-refractivity contribution in [3.63, 3.8) is 0 Å². The van der Waals surface area contributed by atoms with Gasteiger partial charge >= 0.3 is 59.1 Å². The molecule has 0 aliphatic heterocycles. The molecule has 15 heavy (non-hydrogen) atoms. The molecule has 0 saturated carbocycles. The van der Waals surface area contributed by atoms with Crippen LogP contribution in [0.2, 0.25) is 0 Å². The van der Waals surface area contributed by atoms with Gasteiger partial charge in [-0.15, -0.1) is 0 Å². The van der Waals surface area contributed by atoms with E-state index < -0.39 is 0 Å². The molecule has 1 unspecified atom stereocenters. The van der Waals surface area contributed by atoms with E-state index >= 15 is 0 Å². The summed E-state index contributed by atoms with van der Waals surface area (Å²) in [5, 5.41) is 9.54. The van der Waals surface area contributed by atoms with Crippen molar-refractivity contribution >= 4 is 59.1 Å². The molecule has 0 saturated heterocycles. The molecule has 0 bridgehead atoms. The van der Waals surface area contributed by atoms with Crippen molar-refractivity contribution in [2.24, 2.45) is 0 Å². The van der Waals surface area contributed by atoms with Crippen LogP contribution in [0.4, 0.5) is 0 Å². The third kappa shape index (κ3) is 18.5. The fourth-order valence-corrected chi connectivity index (χ4v) is 1.57. The van der Waals surface area contributed by atoms with Crippen molar-refractivity contribution in [1.29, 1.82) is 0 Å². The van der Waals surface area contributed by atoms with Gasteiger partial charge in [0.25, 0.3) is 0 Å². The number of rotatable bonds is 9. The zero-order valence-corrected chi connectivity index (χ0v) is 9.39. The fourth-order valence-electron chi connectivity index (χ4n) is 1.57. The predicted octanol–water partition coefficient (Wildman–Crippen LogP) is 2.60. The van der Waals surface area contributed by atoms with Crippen LogP contribution in [-0.4, -0.2) is 70.3 Å². The minimum absolute atomic E-state index is 0. The van der Waals surface area contributed by atoms with Crippen LogP contribution in [0, 0.1) is 0 Å². The van der Waals surface area contributed by atoms with E-state index in [0.29, 0.717) is 0 Å². The fraction of sp³-hybridized carbons (Fsp3) is 1.00. The standard InChI is InChI=1S/C12H26O.2Na.2H/c1-3-5-7-8-9-11-12(13)10-6-4-2;;;;/h12-13H,3-11H2,1-2H3;;;;. The molecule has 0 spiro atoms. The molecule has 0 fully saturated rings. The monoisotopic (exact) mass is 234 g/mol. The Morgan fingerprint density at radius 2 is 1.20 bits per heavy atom. The third-order valence-electron chi connectivity index (χ3n) is 2.53. The second kappa shape index (κ2) is 18.3. The molecule has 3 heteroatoms. The number of hydrogen-bond donors (Lipinski definition) is 1. The minimum atomic E-state index is -0.0263. The van der Waals surface area contributed by atoms with Crippen LogP contribution in [0.1, 0.15) is 71.6 Å². The Morgan fingerprint density at radius 3 is 1.73 bits per heavy atom. The summed E-state index contributed by atoms with van der Waals surface area (Å²) >= 11 is 0. The molecule has 0 rings (SSSR count). The molecule has 0 heterocycles. The van der Waals surface area contributed by atoms with Crippen LogP contribution in [0.5, 0.6) is 0 Å². The molecule has 0 aromatic rings. The van der Waals surface area contributed by atoms with Crippen LogP contribution in [0.15, 0.2) is 0 Å². The first-order valence-corrected chi connectivity index (χ1v) is 5.99. The molecular weight excluding hydrogens is 206 g/mol. The molecule has 0 amide bonds. The van der Waals surface area contributed by atoms with Crippen molar-refractivity contribution in [2.45, 2.75) is 77.7 Å². The van der Waals surface area contributed by atoms with E-state index in [1.165, 1.54) is 44.9 Å². The van der Waals surface area contributed by atoms with Gasteiger partial charge in [-0.3, -0.25) is 0 Å². The first-order chi connectivity index (χ1) is 6.31. The number of hydrogen-bond acceptors (Lipinski definition) is 1. The van der Waals surface area contributed by atoms with E-state index in [2.05, 4.69) is 13.8 Å². The quantitative estimate of drug-likeness (QED) is 0.480. The van der Waals surface area contributed by atoms with Gasteiger partial charge in [0.1, 0.15) is 0 Å². The van der Waals surface area contributed by atoms with E-state index in [9.17, 15) is 5.11 Å². The Bertz CT molecular complexity index is 99.6. The third-order valence-corrected chi connectivity index (χ3v) is 2.53. The molecule has 1 nitrogen and oxygen atoms in total. The van der Waals surface area contributed by atoms with Crippen molar-refractivity contribution in [3.8, 4) is 0 Å². The van der Waals surface area contributed by atoms with Gasteiger partial charge < -0.3 is 5.11 Å². The van der Waals surface area contributed by atoms with E-state index in [1.54, 1.807) is 0 Å². The molecule has 1 atom stereocenters. The topological polar surface area (TPSA) is 20.2 Å². The zero-order chi connectivity index (χ0) is 9.94. The molecular formula is C12H28Na2O. The van der Waals surface area contributed by atoms with Gasteiger partial charge in [-0.05, 0) is 12.8 Å². The summed E-state index contributed by atoms with van der Waals surface area (Å²) in [5.41, 5.74) is 0. The maximum atomic E-state index is 9.54. The molecule has 84 valence electrons. The van der Waals surface area contributed by atoms with Gasteiger partial charge in [0.2, 0.25) is 0 Å². The molecule has 0 aromatic heterocycles. The van der Waals surface area contributed by atoms with Gasteiger partial charge in [-0.1, -0.05) is 58.8 Å². The van der Waals surface area contributed by atoms with E-state index in [4.69, 9.17) is 0 Å². The summed E-state index contributed by atoms with van der Waals surface area (Å²) in [6.07, 6.45) is 10.9. The summed E-state index contributed by atoms with van der Waals surface area (Å²) in [4.78, 5) is 0. The van der Waals surface area contributed by atoms with Crippen LogP contribution >= 0.6 is 0 Å². The summed E-state index contributed by atoms with van der Waals surface area (Å²) in [5.74, 6) is 0. The second-order valence-corrected chi connectivity index (χ2v) is 4.00. The Labute approximate surface area is 140 Å². The Hall–Kier alpha value is 1.96. The summed E-state index contributed by atoms with van der Waals surface area (Å²) in [6, 6.07) is 0.